The summed E-state index contributed by atoms with van der Waals surface area (Å²) in [4.78, 5) is 12.3. The predicted octanol–water partition coefficient (Wildman–Crippen LogP) is -1.09. The van der Waals surface area contributed by atoms with Crippen LogP contribution in [-0.2, 0) is 23.7 Å². The molecule has 2 heterocycles. The zero-order valence-corrected chi connectivity index (χ0v) is 21.4. The normalized spacial score (nSPS) is 38.0. The summed E-state index contributed by atoms with van der Waals surface area (Å²) in [6, 6.07) is 0. The van der Waals surface area contributed by atoms with Gasteiger partial charge in [0.15, 0.2) is 12.6 Å². The Labute approximate surface area is 212 Å². The minimum atomic E-state index is -1.63. The largest absolute Gasteiger partial charge is 0.395 e. The molecule has 12 heteroatoms. The molecular weight excluding hydrogens is 478 g/mol. The van der Waals surface area contributed by atoms with Gasteiger partial charge in [0, 0.05) is 6.54 Å². The van der Waals surface area contributed by atoms with Gasteiger partial charge in [0.2, 0.25) is 5.91 Å². The molecule has 0 aromatic heterocycles. The Morgan fingerprint density at radius 1 is 0.861 bits per heavy atom. The first kappa shape index (κ1) is 31.3. The third-order valence-corrected chi connectivity index (χ3v) is 6.69. The van der Waals surface area contributed by atoms with Gasteiger partial charge in [0.05, 0.1) is 31.3 Å². The number of unbranched alkanes of at least 4 members (excludes halogenated alkanes) is 4. The van der Waals surface area contributed by atoms with E-state index in [4.69, 9.17) is 24.1 Å². The fraction of sp³-hybridized carbons (Fsp3) is 0.958. The van der Waals surface area contributed by atoms with Crippen molar-refractivity contribution in [3.63, 3.8) is 0 Å². The van der Waals surface area contributed by atoms with Crippen LogP contribution in [0.3, 0.4) is 0 Å². The van der Waals surface area contributed by atoms with Gasteiger partial charge in [0.25, 0.3) is 0 Å². The average Bonchev–Trinajstić information content (AvgIpc) is 2.85. The zero-order valence-electron chi connectivity index (χ0n) is 21.4. The van der Waals surface area contributed by atoms with Crippen LogP contribution in [0, 0.1) is 0 Å². The number of nitrogens with one attached hydrogen (secondary N) is 1. The van der Waals surface area contributed by atoms with Gasteiger partial charge in [-0.05, 0) is 20.3 Å². The maximum atomic E-state index is 12.3. The van der Waals surface area contributed by atoms with Crippen LogP contribution in [0.2, 0.25) is 0 Å². The van der Waals surface area contributed by atoms with Crippen molar-refractivity contribution < 1.29 is 54.4 Å². The van der Waals surface area contributed by atoms with Crippen molar-refractivity contribution in [1.82, 2.24) is 5.32 Å². The van der Waals surface area contributed by atoms with Crippen molar-refractivity contribution in [1.29, 1.82) is 0 Å². The topological polar surface area (TPSA) is 187 Å². The highest BCUT2D eigenvalue weighted by Crippen LogP contribution is 2.31. The van der Waals surface area contributed by atoms with Gasteiger partial charge >= 0.3 is 0 Å². The van der Waals surface area contributed by atoms with Gasteiger partial charge in [-0.25, -0.2) is 0 Å². The van der Waals surface area contributed by atoms with Crippen molar-refractivity contribution >= 4 is 5.91 Å². The van der Waals surface area contributed by atoms with E-state index in [9.17, 15) is 30.3 Å². The molecule has 2 aliphatic heterocycles. The Hall–Kier alpha value is -0.930. The highest BCUT2D eigenvalue weighted by atomic mass is 16.8. The molecular formula is C24H45NO11. The number of aliphatic hydroxyl groups excluding tert-OH is 6. The second-order valence-electron chi connectivity index (χ2n) is 9.71. The van der Waals surface area contributed by atoms with Gasteiger partial charge in [-0.1, -0.05) is 39.0 Å². The summed E-state index contributed by atoms with van der Waals surface area (Å²) in [5.41, 5.74) is 0. The predicted molar refractivity (Wildman–Crippen MR) is 127 cm³/mol. The molecule has 2 aliphatic rings. The highest BCUT2D eigenvalue weighted by Gasteiger charge is 2.50. The standard InChI is InChI=1S/C24H45NO11/c1-4-5-6-7-8-9-15(12-16(27)25-10-11-26)35-24-22(20(31)18(29)14(3)34-24)36-23-21(32)19(30)17(28)13(2)33-23/h13-15,17-24,26,28-32H,4-12H2,1-3H3,(H,25,27)/t13-,14-,15?,17-,18-,19+,20+,21+,22+,23-,24-/m0/s1. The molecule has 0 aliphatic carbocycles. The Balaban J connectivity index is 2.14. The molecule has 0 saturated carbocycles. The van der Waals surface area contributed by atoms with Crippen LogP contribution < -0.4 is 5.32 Å². The molecule has 1 unspecified atom stereocenters. The lowest BCUT2D eigenvalue weighted by molar-refractivity contribution is -0.366. The number of ether oxygens (including phenoxy) is 4. The van der Waals surface area contributed by atoms with E-state index in [0.717, 1.165) is 32.1 Å². The lowest BCUT2D eigenvalue weighted by atomic mass is 9.97. The van der Waals surface area contributed by atoms with Crippen LogP contribution in [0.25, 0.3) is 0 Å². The Morgan fingerprint density at radius 2 is 1.47 bits per heavy atom. The Morgan fingerprint density at radius 3 is 2.11 bits per heavy atom. The number of aliphatic hydroxyl groups is 6. The SMILES string of the molecule is CCCCCCCC(CC(=O)NCCO)O[C@@H]1O[C@@H](C)[C@H](O)[C@@H](O)[C@H]1O[C@@H]1O[C@@H](C)[C@H](O)[C@@H](O)[C@H]1O. The number of carbonyl (C=O) groups excluding carboxylic acids is 1. The molecule has 0 spiro atoms. The van der Waals surface area contributed by atoms with E-state index < -0.39 is 67.5 Å². The summed E-state index contributed by atoms with van der Waals surface area (Å²) in [6.07, 6.45) is -8.09. The minimum absolute atomic E-state index is 0.0160. The maximum absolute atomic E-state index is 12.3. The minimum Gasteiger partial charge on any atom is -0.395 e. The lowest BCUT2D eigenvalue weighted by Crippen LogP contribution is -2.63. The van der Waals surface area contributed by atoms with Crippen molar-refractivity contribution in [3.05, 3.63) is 0 Å². The zero-order chi connectivity index (χ0) is 26.8. The summed E-state index contributed by atoms with van der Waals surface area (Å²) in [6.45, 7) is 5.09. The van der Waals surface area contributed by atoms with Crippen molar-refractivity contribution in [2.75, 3.05) is 13.2 Å². The summed E-state index contributed by atoms with van der Waals surface area (Å²) in [5, 5.41) is 63.2. The van der Waals surface area contributed by atoms with Crippen LogP contribution in [0.5, 0.6) is 0 Å². The molecule has 2 saturated heterocycles. The first-order valence-electron chi connectivity index (χ1n) is 13.0. The van der Waals surface area contributed by atoms with Crippen LogP contribution in [0.4, 0.5) is 0 Å². The average molecular weight is 524 g/mol. The van der Waals surface area contributed by atoms with Gasteiger partial charge in [0.1, 0.15) is 36.6 Å². The smallest absolute Gasteiger partial charge is 0.222 e. The second-order valence-corrected chi connectivity index (χ2v) is 9.71. The summed E-state index contributed by atoms with van der Waals surface area (Å²) < 4.78 is 23.2. The molecule has 12 nitrogen and oxygen atoms in total. The van der Waals surface area contributed by atoms with Crippen LogP contribution in [0.1, 0.15) is 65.7 Å². The highest BCUT2D eigenvalue weighted by molar-refractivity contribution is 5.76. The molecule has 0 aromatic rings. The molecule has 36 heavy (non-hydrogen) atoms. The van der Waals surface area contributed by atoms with Gasteiger partial charge < -0.3 is 54.9 Å². The fourth-order valence-electron chi connectivity index (χ4n) is 4.40. The fourth-order valence-corrected chi connectivity index (χ4v) is 4.40. The van der Waals surface area contributed by atoms with Gasteiger partial charge in [-0.3, -0.25) is 4.79 Å². The maximum Gasteiger partial charge on any atom is 0.222 e. The Bertz CT molecular complexity index is 641. The number of amides is 1. The van der Waals surface area contributed by atoms with E-state index in [1.54, 1.807) is 6.92 Å². The van der Waals surface area contributed by atoms with E-state index >= 15 is 0 Å². The third-order valence-electron chi connectivity index (χ3n) is 6.69. The number of rotatable bonds is 14. The first-order valence-corrected chi connectivity index (χ1v) is 13.0. The summed E-state index contributed by atoms with van der Waals surface area (Å²) in [5.74, 6) is -0.318. The summed E-state index contributed by atoms with van der Waals surface area (Å²) in [7, 11) is 0. The third kappa shape index (κ3) is 8.83. The van der Waals surface area contributed by atoms with Crippen LogP contribution >= 0.6 is 0 Å². The summed E-state index contributed by atoms with van der Waals surface area (Å²) >= 11 is 0. The van der Waals surface area contributed by atoms with E-state index in [1.807, 2.05) is 0 Å². The number of hydrogen-bond donors (Lipinski definition) is 7. The molecule has 212 valence electrons. The van der Waals surface area contributed by atoms with Crippen LogP contribution in [-0.4, -0.2) is 117 Å². The number of hydrogen-bond acceptors (Lipinski definition) is 11. The van der Waals surface area contributed by atoms with Gasteiger partial charge in [-0.2, -0.15) is 0 Å². The molecule has 2 rings (SSSR count). The van der Waals surface area contributed by atoms with E-state index in [1.165, 1.54) is 6.92 Å². The van der Waals surface area contributed by atoms with Crippen LogP contribution in [0.15, 0.2) is 0 Å². The number of carbonyl (C=O) groups is 1. The quantitative estimate of drug-likeness (QED) is 0.137. The van der Waals surface area contributed by atoms with E-state index in [0.29, 0.717) is 6.42 Å². The van der Waals surface area contributed by atoms with E-state index in [-0.39, 0.29) is 25.5 Å². The molecule has 0 aromatic carbocycles. The van der Waals surface area contributed by atoms with Gasteiger partial charge in [-0.15, -0.1) is 0 Å². The van der Waals surface area contributed by atoms with Crippen molar-refractivity contribution in [2.45, 2.75) is 133 Å². The first-order chi connectivity index (χ1) is 17.1. The van der Waals surface area contributed by atoms with Crippen molar-refractivity contribution in [3.8, 4) is 0 Å². The molecule has 7 N–H and O–H groups in total. The molecule has 11 atom stereocenters. The molecule has 0 bridgehead atoms. The van der Waals surface area contributed by atoms with E-state index in [2.05, 4.69) is 12.2 Å². The molecule has 2 fully saturated rings. The lowest BCUT2D eigenvalue weighted by Gasteiger charge is -2.46. The van der Waals surface area contributed by atoms with Crippen molar-refractivity contribution in [2.24, 2.45) is 0 Å². The molecule has 1 amide bonds. The second kappa shape index (κ2) is 15.5. The molecule has 0 radical (unpaired) electrons. The Kier molecular flexibility index (Phi) is 13.4. The monoisotopic (exact) mass is 523 g/mol.